The molecule has 1 rings (SSSR count). The van der Waals surface area contributed by atoms with Crippen molar-refractivity contribution in [3.8, 4) is 0 Å². The molecule has 118 valence electrons. The molecule has 0 aliphatic rings. The van der Waals surface area contributed by atoms with E-state index in [2.05, 4.69) is 38.7 Å². The fourth-order valence-electron chi connectivity index (χ4n) is 2.26. The smallest absolute Gasteiger partial charge is 0.423 e. The van der Waals surface area contributed by atoms with Gasteiger partial charge in [0.15, 0.2) is 0 Å². The molecule has 0 aromatic heterocycles. The van der Waals surface area contributed by atoms with Crippen LogP contribution < -0.4 is 5.46 Å². The summed E-state index contributed by atoms with van der Waals surface area (Å²) in [6.07, 6.45) is 2.39. The van der Waals surface area contributed by atoms with Crippen molar-refractivity contribution in [3.63, 3.8) is 0 Å². The van der Waals surface area contributed by atoms with Crippen LogP contribution in [0.25, 0.3) is 0 Å². The van der Waals surface area contributed by atoms with E-state index < -0.39 is 7.12 Å². The lowest BCUT2D eigenvalue weighted by atomic mass is 9.79. The van der Waals surface area contributed by atoms with Gasteiger partial charge in [-0.05, 0) is 48.8 Å². The second kappa shape index (κ2) is 9.24. The molecule has 0 fully saturated rings. The highest BCUT2D eigenvalue weighted by atomic mass is 16.4. The van der Waals surface area contributed by atoms with E-state index in [0.717, 1.165) is 25.2 Å². The molecule has 2 N–H and O–H groups in total. The third kappa shape index (κ3) is 7.65. The highest BCUT2D eigenvalue weighted by Gasteiger charge is 2.13. The van der Waals surface area contributed by atoms with Crippen molar-refractivity contribution >= 4 is 12.6 Å². The van der Waals surface area contributed by atoms with Crippen molar-refractivity contribution in [2.24, 2.45) is 11.8 Å². The molecule has 0 bridgehead atoms. The summed E-state index contributed by atoms with van der Waals surface area (Å²) in [5, 5.41) is 18.6. The molecule has 0 saturated heterocycles. The van der Waals surface area contributed by atoms with Gasteiger partial charge in [-0.15, -0.1) is 0 Å². The fourth-order valence-corrected chi connectivity index (χ4v) is 2.26. The Hall–Kier alpha value is -0.835. The Kier molecular flexibility index (Phi) is 8.01. The second-order valence-electron chi connectivity index (χ2n) is 6.76. The lowest BCUT2D eigenvalue weighted by Gasteiger charge is -2.24. The Bertz CT molecular complexity index is 396. The average molecular weight is 291 g/mol. The van der Waals surface area contributed by atoms with E-state index in [-0.39, 0.29) is 0 Å². The first-order valence-electron chi connectivity index (χ1n) is 8.05. The predicted molar refractivity (Wildman–Crippen MR) is 90.5 cm³/mol. The number of nitrogens with zero attached hydrogens (tertiary/aromatic N) is 1. The summed E-state index contributed by atoms with van der Waals surface area (Å²) in [4.78, 5) is 2.48. The topological polar surface area (TPSA) is 43.7 Å². The van der Waals surface area contributed by atoms with E-state index >= 15 is 0 Å². The maximum Gasteiger partial charge on any atom is 0.488 e. The molecule has 21 heavy (non-hydrogen) atoms. The fraction of sp³-hybridized carbons (Fsp3) is 0.647. The van der Waals surface area contributed by atoms with Crippen molar-refractivity contribution < 1.29 is 10.0 Å². The van der Waals surface area contributed by atoms with Gasteiger partial charge in [-0.25, -0.2) is 0 Å². The Morgan fingerprint density at radius 1 is 1.00 bits per heavy atom. The van der Waals surface area contributed by atoms with E-state index in [9.17, 15) is 10.0 Å². The number of rotatable bonds is 9. The zero-order valence-electron chi connectivity index (χ0n) is 13.9. The molecular weight excluding hydrogens is 261 g/mol. The SMILES string of the molecule is CC(C)CCN(CCC(C)C)Cc1cccc(B(O)O)c1. The van der Waals surface area contributed by atoms with Crippen LogP contribution in [0.2, 0.25) is 0 Å². The Morgan fingerprint density at radius 2 is 1.57 bits per heavy atom. The largest absolute Gasteiger partial charge is 0.488 e. The first kappa shape index (κ1) is 18.2. The zero-order chi connectivity index (χ0) is 15.8. The second-order valence-corrected chi connectivity index (χ2v) is 6.76. The molecule has 4 heteroatoms. The molecule has 1 aromatic carbocycles. The minimum atomic E-state index is -1.38. The number of hydrogen-bond donors (Lipinski definition) is 2. The van der Waals surface area contributed by atoms with Gasteiger partial charge < -0.3 is 10.0 Å². The summed E-state index contributed by atoms with van der Waals surface area (Å²) in [6.45, 7) is 12.1. The Balaban J connectivity index is 2.67. The van der Waals surface area contributed by atoms with Crippen LogP contribution in [0.4, 0.5) is 0 Å². The van der Waals surface area contributed by atoms with Crippen LogP contribution in [-0.4, -0.2) is 35.2 Å². The Labute approximate surface area is 130 Å². The van der Waals surface area contributed by atoms with Crippen LogP contribution in [0.1, 0.15) is 46.1 Å². The molecular formula is C17H30BNO2. The third-order valence-corrected chi connectivity index (χ3v) is 3.70. The van der Waals surface area contributed by atoms with Crippen LogP contribution in [0.15, 0.2) is 24.3 Å². The highest BCUT2D eigenvalue weighted by Crippen LogP contribution is 2.10. The zero-order valence-corrected chi connectivity index (χ0v) is 13.9. The lowest BCUT2D eigenvalue weighted by Crippen LogP contribution is -2.31. The van der Waals surface area contributed by atoms with Crippen molar-refractivity contribution in [2.45, 2.75) is 47.1 Å². The van der Waals surface area contributed by atoms with E-state index in [4.69, 9.17) is 0 Å². The van der Waals surface area contributed by atoms with Gasteiger partial charge >= 0.3 is 7.12 Å². The Morgan fingerprint density at radius 3 is 2.05 bits per heavy atom. The van der Waals surface area contributed by atoms with Gasteiger partial charge in [-0.1, -0.05) is 52.0 Å². The monoisotopic (exact) mass is 291 g/mol. The third-order valence-electron chi connectivity index (χ3n) is 3.70. The molecule has 0 saturated carbocycles. The van der Waals surface area contributed by atoms with Gasteiger partial charge in [-0.2, -0.15) is 0 Å². The van der Waals surface area contributed by atoms with E-state index in [1.807, 2.05) is 12.1 Å². The van der Waals surface area contributed by atoms with Gasteiger partial charge in [0.25, 0.3) is 0 Å². The van der Waals surface area contributed by atoms with E-state index in [1.165, 1.54) is 12.8 Å². The van der Waals surface area contributed by atoms with Crippen LogP contribution in [0.5, 0.6) is 0 Å². The summed E-state index contributed by atoms with van der Waals surface area (Å²) < 4.78 is 0. The minimum absolute atomic E-state index is 0.570. The van der Waals surface area contributed by atoms with Gasteiger partial charge in [-0.3, -0.25) is 4.90 Å². The average Bonchev–Trinajstić information content (AvgIpc) is 2.41. The van der Waals surface area contributed by atoms with E-state index in [1.54, 1.807) is 6.07 Å². The summed E-state index contributed by atoms with van der Waals surface area (Å²) >= 11 is 0. The first-order chi connectivity index (χ1) is 9.88. The normalized spacial score (nSPS) is 11.7. The summed E-state index contributed by atoms with van der Waals surface area (Å²) in [5.74, 6) is 1.41. The van der Waals surface area contributed by atoms with Crippen molar-refractivity contribution in [1.29, 1.82) is 0 Å². The predicted octanol–water partition coefficient (Wildman–Crippen LogP) is 2.26. The molecule has 0 unspecified atom stereocenters. The number of hydrogen-bond acceptors (Lipinski definition) is 3. The minimum Gasteiger partial charge on any atom is -0.423 e. The standard InChI is InChI=1S/C17H30BNO2/c1-14(2)8-10-19(11-9-15(3)4)13-16-6-5-7-17(12-16)18(20)21/h5-7,12,14-15,20-21H,8-11,13H2,1-4H3. The van der Waals surface area contributed by atoms with E-state index in [0.29, 0.717) is 17.3 Å². The first-order valence-corrected chi connectivity index (χ1v) is 8.05. The highest BCUT2D eigenvalue weighted by molar-refractivity contribution is 6.58. The van der Waals surface area contributed by atoms with Crippen LogP contribution in [0, 0.1) is 11.8 Å². The summed E-state index contributed by atoms with van der Waals surface area (Å²) in [6, 6.07) is 7.60. The van der Waals surface area contributed by atoms with Crippen molar-refractivity contribution in [3.05, 3.63) is 29.8 Å². The maximum atomic E-state index is 9.28. The quantitative estimate of drug-likeness (QED) is 0.686. The number of benzene rings is 1. The van der Waals surface area contributed by atoms with Crippen molar-refractivity contribution in [1.82, 2.24) is 4.90 Å². The van der Waals surface area contributed by atoms with Gasteiger partial charge in [0.05, 0.1) is 0 Å². The molecule has 0 spiro atoms. The molecule has 0 aliphatic heterocycles. The molecule has 0 aliphatic carbocycles. The van der Waals surface area contributed by atoms with Crippen LogP contribution >= 0.6 is 0 Å². The van der Waals surface area contributed by atoms with Gasteiger partial charge in [0, 0.05) is 6.54 Å². The summed E-state index contributed by atoms with van der Waals surface area (Å²) in [7, 11) is -1.38. The van der Waals surface area contributed by atoms with Crippen LogP contribution in [-0.2, 0) is 6.54 Å². The summed E-state index contributed by atoms with van der Waals surface area (Å²) in [5.41, 5.74) is 1.72. The lowest BCUT2D eigenvalue weighted by molar-refractivity contribution is 0.236. The van der Waals surface area contributed by atoms with Gasteiger partial charge in [0.2, 0.25) is 0 Å². The maximum absolute atomic E-state index is 9.28. The molecule has 0 heterocycles. The van der Waals surface area contributed by atoms with Gasteiger partial charge in [0.1, 0.15) is 0 Å². The van der Waals surface area contributed by atoms with Crippen molar-refractivity contribution in [2.75, 3.05) is 13.1 Å². The molecule has 0 atom stereocenters. The molecule has 0 radical (unpaired) electrons. The molecule has 1 aromatic rings. The molecule has 0 amide bonds. The van der Waals surface area contributed by atoms with Crippen LogP contribution in [0.3, 0.4) is 0 Å². The molecule has 3 nitrogen and oxygen atoms in total.